The van der Waals surface area contributed by atoms with Crippen LogP contribution in [0.5, 0.6) is 0 Å². The molecule has 1 heterocycles. The number of benzene rings is 1. The lowest BCUT2D eigenvalue weighted by atomic mass is 9.92. The molecule has 0 unspecified atom stereocenters. The molecule has 1 saturated heterocycles. The van der Waals surface area contributed by atoms with Gasteiger partial charge >= 0.3 is 0 Å². The van der Waals surface area contributed by atoms with Crippen LogP contribution in [-0.2, 0) is 4.79 Å². The van der Waals surface area contributed by atoms with E-state index in [9.17, 15) is 4.79 Å². The maximum absolute atomic E-state index is 11.6. The number of anilines is 1. The molecule has 1 aliphatic rings. The van der Waals surface area contributed by atoms with Gasteiger partial charge in [0, 0.05) is 24.7 Å². The lowest BCUT2D eigenvalue weighted by Gasteiger charge is -2.33. The standard InChI is InChI=1S/C16H24N2O/c1-12(2)13-3-5-15(6-4-13)18-9-7-14(8-10-18)16(19)11-17/h3-6,12,14H,7-11,17H2,1-2H3. The first-order chi connectivity index (χ1) is 9.11. The average Bonchev–Trinajstić information content (AvgIpc) is 2.46. The molecule has 0 aromatic heterocycles. The summed E-state index contributed by atoms with van der Waals surface area (Å²) >= 11 is 0. The van der Waals surface area contributed by atoms with Crippen molar-refractivity contribution in [3.8, 4) is 0 Å². The van der Waals surface area contributed by atoms with E-state index in [0.717, 1.165) is 25.9 Å². The van der Waals surface area contributed by atoms with E-state index in [-0.39, 0.29) is 18.2 Å². The quantitative estimate of drug-likeness (QED) is 0.905. The normalized spacial score (nSPS) is 16.9. The first-order valence-corrected chi connectivity index (χ1v) is 7.19. The van der Waals surface area contributed by atoms with Crippen molar-refractivity contribution in [1.29, 1.82) is 0 Å². The maximum atomic E-state index is 11.6. The van der Waals surface area contributed by atoms with Gasteiger partial charge in [-0.05, 0) is 36.5 Å². The van der Waals surface area contributed by atoms with Crippen LogP contribution in [0.25, 0.3) is 0 Å². The molecule has 2 rings (SSSR count). The Labute approximate surface area is 115 Å². The van der Waals surface area contributed by atoms with Crippen molar-refractivity contribution in [2.45, 2.75) is 32.6 Å². The van der Waals surface area contributed by atoms with E-state index in [1.807, 2.05) is 0 Å². The largest absolute Gasteiger partial charge is 0.371 e. The van der Waals surface area contributed by atoms with Crippen LogP contribution in [0.15, 0.2) is 24.3 Å². The molecule has 1 fully saturated rings. The van der Waals surface area contributed by atoms with E-state index in [1.54, 1.807) is 0 Å². The van der Waals surface area contributed by atoms with Gasteiger partial charge in [-0.1, -0.05) is 26.0 Å². The van der Waals surface area contributed by atoms with Gasteiger partial charge in [0.2, 0.25) is 0 Å². The Morgan fingerprint density at radius 3 is 2.32 bits per heavy atom. The summed E-state index contributed by atoms with van der Waals surface area (Å²) in [6, 6.07) is 8.80. The fourth-order valence-corrected chi connectivity index (χ4v) is 2.70. The molecule has 3 nitrogen and oxygen atoms in total. The minimum atomic E-state index is 0.177. The lowest BCUT2D eigenvalue weighted by molar-refractivity contribution is -0.122. The minimum absolute atomic E-state index is 0.177. The third-order valence-electron chi connectivity index (χ3n) is 4.08. The molecule has 104 valence electrons. The molecule has 0 spiro atoms. The molecule has 0 amide bonds. The highest BCUT2D eigenvalue weighted by Gasteiger charge is 2.23. The second kappa shape index (κ2) is 6.20. The second-order valence-electron chi connectivity index (χ2n) is 5.68. The van der Waals surface area contributed by atoms with Crippen LogP contribution < -0.4 is 10.6 Å². The SMILES string of the molecule is CC(C)c1ccc(N2CCC(C(=O)CN)CC2)cc1. The number of hydrogen-bond acceptors (Lipinski definition) is 3. The molecule has 0 bridgehead atoms. The van der Waals surface area contributed by atoms with Gasteiger partial charge in [-0.2, -0.15) is 0 Å². The van der Waals surface area contributed by atoms with Crippen LogP contribution in [-0.4, -0.2) is 25.4 Å². The van der Waals surface area contributed by atoms with Crippen molar-refractivity contribution in [3.05, 3.63) is 29.8 Å². The lowest BCUT2D eigenvalue weighted by Crippen LogP contribution is -2.38. The van der Waals surface area contributed by atoms with Crippen molar-refractivity contribution >= 4 is 11.5 Å². The highest BCUT2D eigenvalue weighted by atomic mass is 16.1. The Hall–Kier alpha value is -1.35. The van der Waals surface area contributed by atoms with Crippen molar-refractivity contribution in [3.63, 3.8) is 0 Å². The Balaban J connectivity index is 1.96. The third-order valence-corrected chi connectivity index (χ3v) is 4.08. The first-order valence-electron chi connectivity index (χ1n) is 7.19. The summed E-state index contributed by atoms with van der Waals surface area (Å²) in [6.45, 7) is 6.51. The number of carbonyl (C=O) groups excluding carboxylic acids is 1. The van der Waals surface area contributed by atoms with Gasteiger partial charge in [-0.25, -0.2) is 0 Å². The smallest absolute Gasteiger partial charge is 0.149 e. The highest BCUT2D eigenvalue weighted by molar-refractivity contribution is 5.83. The number of piperidine rings is 1. The van der Waals surface area contributed by atoms with Crippen LogP contribution in [0.4, 0.5) is 5.69 Å². The van der Waals surface area contributed by atoms with E-state index < -0.39 is 0 Å². The molecule has 1 aliphatic heterocycles. The summed E-state index contributed by atoms with van der Waals surface area (Å²) in [7, 11) is 0. The highest BCUT2D eigenvalue weighted by Crippen LogP contribution is 2.25. The van der Waals surface area contributed by atoms with Crippen molar-refractivity contribution in [1.82, 2.24) is 0 Å². The molecular formula is C16H24N2O. The molecule has 0 aliphatic carbocycles. The monoisotopic (exact) mass is 260 g/mol. The van der Waals surface area contributed by atoms with Gasteiger partial charge in [-0.15, -0.1) is 0 Å². The molecule has 1 aromatic carbocycles. The van der Waals surface area contributed by atoms with E-state index in [4.69, 9.17) is 5.73 Å². The Morgan fingerprint density at radius 2 is 1.84 bits per heavy atom. The summed E-state index contributed by atoms with van der Waals surface area (Å²) in [4.78, 5) is 14.0. The van der Waals surface area contributed by atoms with Crippen LogP contribution in [0.3, 0.4) is 0 Å². The van der Waals surface area contributed by atoms with E-state index >= 15 is 0 Å². The molecule has 0 atom stereocenters. The van der Waals surface area contributed by atoms with Gasteiger partial charge in [0.1, 0.15) is 5.78 Å². The van der Waals surface area contributed by atoms with E-state index in [2.05, 4.69) is 43.0 Å². The molecule has 0 saturated carbocycles. The fourth-order valence-electron chi connectivity index (χ4n) is 2.70. The first kappa shape index (κ1) is 14.1. The van der Waals surface area contributed by atoms with Crippen LogP contribution in [0, 0.1) is 5.92 Å². The Morgan fingerprint density at radius 1 is 1.26 bits per heavy atom. The molecule has 19 heavy (non-hydrogen) atoms. The van der Waals surface area contributed by atoms with E-state index in [0.29, 0.717) is 5.92 Å². The van der Waals surface area contributed by atoms with Crippen molar-refractivity contribution in [2.75, 3.05) is 24.5 Å². The predicted molar refractivity (Wildman–Crippen MR) is 79.5 cm³/mol. The van der Waals surface area contributed by atoms with Gasteiger partial charge < -0.3 is 10.6 Å². The number of nitrogens with two attached hydrogens (primary N) is 1. The second-order valence-corrected chi connectivity index (χ2v) is 5.68. The molecular weight excluding hydrogens is 236 g/mol. The van der Waals surface area contributed by atoms with Crippen LogP contribution >= 0.6 is 0 Å². The molecule has 0 radical (unpaired) electrons. The summed E-state index contributed by atoms with van der Waals surface area (Å²) in [5, 5.41) is 0. The van der Waals surface area contributed by atoms with Gasteiger partial charge in [0.25, 0.3) is 0 Å². The molecule has 2 N–H and O–H groups in total. The summed E-state index contributed by atoms with van der Waals surface area (Å²) < 4.78 is 0. The van der Waals surface area contributed by atoms with Gasteiger partial charge in [0.15, 0.2) is 0 Å². The Kier molecular flexibility index (Phi) is 4.59. The fraction of sp³-hybridized carbons (Fsp3) is 0.562. The molecule has 3 heteroatoms. The van der Waals surface area contributed by atoms with Crippen molar-refractivity contribution < 1.29 is 4.79 Å². The number of ketones is 1. The number of nitrogens with zero attached hydrogens (tertiary/aromatic N) is 1. The summed E-state index contributed by atoms with van der Waals surface area (Å²) in [5.74, 6) is 0.966. The number of carbonyl (C=O) groups is 1. The van der Waals surface area contributed by atoms with Crippen molar-refractivity contribution in [2.24, 2.45) is 11.7 Å². The summed E-state index contributed by atoms with van der Waals surface area (Å²) in [5.41, 5.74) is 8.07. The predicted octanol–water partition coefficient (Wildman–Crippen LogP) is 2.55. The maximum Gasteiger partial charge on any atom is 0.149 e. The van der Waals surface area contributed by atoms with Gasteiger partial charge in [-0.3, -0.25) is 4.79 Å². The zero-order valence-corrected chi connectivity index (χ0v) is 11.9. The zero-order valence-electron chi connectivity index (χ0n) is 11.9. The summed E-state index contributed by atoms with van der Waals surface area (Å²) in [6.07, 6.45) is 1.87. The topological polar surface area (TPSA) is 46.3 Å². The number of Topliss-reactive ketones (excluding diaryl/α,β-unsaturated/α-hetero) is 1. The van der Waals surface area contributed by atoms with Crippen LogP contribution in [0.2, 0.25) is 0 Å². The van der Waals surface area contributed by atoms with Crippen LogP contribution in [0.1, 0.15) is 38.2 Å². The van der Waals surface area contributed by atoms with Gasteiger partial charge in [0.05, 0.1) is 6.54 Å². The molecule has 1 aromatic rings. The minimum Gasteiger partial charge on any atom is -0.371 e. The third kappa shape index (κ3) is 3.35. The average molecular weight is 260 g/mol. The number of hydrogen-bond donors (Lipinski definition) is 1. The number of rotatable bonds is 4. The van der Waals surface area contributed by atoms with E-state index in [1.165, 1.54) is 11.3 Å². The zero-order chi connectivity index (χ0) is 13.8. The Bertz CT molecular complexity index is 417.